The highest BCUT2D eigenvalue weighted by atomic mass is 19.1. The van der Waals surface area contributed by atoms with E-state index in [2.05, 4.69) is 4.98 Å². The van der Waals surface area contributed by atoms with Crippen molar-refractivity contribution >= 4 is 5.91 Å². The third kappa shape index (κ3) is 1.99. The van der Waals surface area contributed by atoms with Gasteiger partial charge in [-0.3, -0.25) is 10.1 Å². The normalized spacial score (nSPS) is 9.00. The zero-order valence-corrected chi connectivity index (χ0v) is 6.84. The summed E-state index contributed by atoms with van der Waals surface area (Å²) in [6.45, 7) is 1.54. The van der Waals surface area contributed by atoms with Crippen LogP contribution in [0.4, 0.5) is 4.39 Å². The van der Waals surface area contributed by atoms with Crippen LogP contribution in [0.1, 0.15) is 16.1 Å². The van der Waals surface area contributed by atoms with Crippen molar-refractivity contribution in [1.29, 1.82) is 5.26 Å². The number of hydrogen-bond donors (Lipinski definition) is 1. The van der Waals surface area contributed by atoms with Gasteiger partial charge in [-0.1, -0.05) is 6.07 Å². The summed E-state index contributed by atoms with van der Waals surface area (Å²) in [6, 6.07) is 2.78. The molecule has 1 N–H and O–H groups in total. The minimum Gasteiger partial charge on any atom is -0.266 e. The molecule has 0 unspecified atom stereocenters. The fourth-order valence-electron chi connectivity index (χ4n) is 0.745. The number of carbonyl (C=O) groups is 1. The highest BCUT2D eigenvalue weighted by Crippen LogP contribution is 2.03. The van der Waals surface area contributed by atoms with E-state index < -0.39 is 11.9 Å². The molecule has 5 heteroatoms. The summed E-state index contributed by atoms with van der Waals surface area (Å²) in [5.74, 6) is -1.41. The molecule has 0 aliphatic heterocycles. The Morgan fingerprint density at radius 3 is 2.92 bits per heavy atom. The van der Waals surface area contributed by atoms with Gasteiger partial charge in [-0.2, -0.15) is 9.65 Å². The number of carbonyl (C=O) groups excluding carboxylic acids is 1. The minimum absolute atomic E-state index is 0.107. The predicted octanol–water partition coefficient (Wildman–Crippen LogP) is 0.740. The van der Waals surface area contributed by atoms with Gasteiger partial charge in [-0.25, -0.2) is 4.98 Å². The van der Waals surface area contributed by atoms with Gasteiger partial charge in [0, 0.05) is 5.56 Å². The number of rotatable bonds is 1. The molecule has 13 heavy (non-hydrogen) atoms. The maximum Gasteiger partial charge on any atom is 0.282 e. The summed E-state index contributed by atoms with van der Waals surface area (Å²) >= 11 is 0. The first kappa shape index (κ1) is 9.13. The molecule has 0 saturated carbocycles. The van der Waals surface area contributed by atoms with Crippen molar-refractivity contribution in [3.63, 3.8) is 0 Å². The predicted molar refractivity (Wildman–Crippen MR) is 42.0 cm³/mol. The number of nitrogens with zero attached hydrogens (tertiary/aromatic N) is 2. The minimum atomic E-state index is -0.707. The van der Waals surface area contributed by atoms with Gasteiger partial charge in [0.1, 0.15) is 5.69 Å². The fraction of sp³-hybridized carbons (Fsp3) is 0.125. The van der Waals surface area contributed by atoms with Crippen LogP contribution in [-0.4, -0.2) is 10.9 Å². The van der Waals surface area contributed by atoms with Crippen LogP contribution in [0.3, 0.4) is 0 Å². The number of aromatic nitrogens is 1. The summed E-state index contributed by atoms with van der Waals surface area (Å²) in [7, 11) is 0. The Hall–Kier alpha value is -1.96. The van der Waals surface area contributed by atoms with E-state index in [9.17, 15) is 9.18 Å². The average Bonchev–Trinajstić information content (AvgIpc) is 2.10. The van der Waals surface area contributed by atoms with E-state index in [1.165, 1.54) is 25.2 Å². The van der Waals surface area contributed by atoms with Crippen molar-refractivity contribution in [3.05, 3.63) is 29.3 Å². The number of amides is 1. The van der Waals surface area contributed by atoms with Gasteiger partial charge >= 0.3 is 0 Å². The van der Waals surface area contributed by atoms with Gasteiger partial charge in [-0.05, 0) is 13.0 Å². The molecule has 0 fully saturated rings. The molecule has 0 aromatic carbocycles. The molecule has 1 heterocycles. The number of nitriles is 1. The van der Waals surface area contributed by atoms with Gasteiger partial charge in [0.05, 0.1) is 0 Å². The summed E-state index contributed by atoms with van der Waals surface area (Å²) in [6.07, 6.45) is 1.44. The van der Waals surface area contributed by atoms with E-state index in [1.54, 1.807) is 0 Å². The Balaban J connectivity index is 2.98. The van der Waals surface area contributed by atoms with Crippen LogP contribution in [0.15, 0.2) is 12.1 Å². The first-order valence-electron chi connectivity index (χ1n) is 3.47. The number of halogens is 1. The lowest BCUT2D eigenvalue weighted by Gasteiger charge is -1.98. The van der Waals surface area contributed by atoms with Crippen LogP contribution in [0.5, 0.6) is 0 Å². The summed E-state index contributed by atoms with van der Waals surface area (Å²) in [5, 5.41) is 9.96. The van der Waals surface area contributed by atoms with Crippen LogP contribution in [0.2, 0.25) is 0 Å². The molecule has 0 saturated heterocycles. The first-order chi connectivity index (χ1) is 6.15. The van der Waals surface area contributed by atoms with Gasteiger partial charge in [0.2, 0.25) is 5.95 Å². The monoisotopic (exact) mass is 179 g/mol. The zero-order valence-electron chi connectivity index (χ0n) is 6.84. The molecule has 0 spiro atoms. The maximum absolute atomic E-state index is 12.8. The summed E-state index contributed by atoms with van der Waals surface area (Å²) in [5.41, 5.74) is 0.248. The quantitative estimate of drug-likeness (QED) is 0.393. The summed E-state index contributed by atoms with van der Waals surface area (Å²) in [4.78, 5) is 14.3. The molecule has 1 aromatic heterocycles. The lowest BCUT2D eigenvalue weighted by molar-refractivity contribution is 0.0967. The Bertz CT molecular complexity index is 383. The molecule has 0 aliphatic carbocycles. The fourth-order valence-corrected chi connectivity index (χ4v) is 0.745. The highest BCUT2D eigenvalue weighted by molar-refractivity contribution is 5.93. The second kappa shape index (κ2) is 3.63. The molecule has 1 rings (SSSR count). The van der Waals surface area contributed by atoms with E-state index in [1.807, 2.05) is 5.32 Å². The number of pyridine rings is 1. The van der Waals surface area contributed by atoms with Gasteiger partial charge in [0.15, 0.2) is 6.19 Å². The van der Waals surface area contributed by atoms with Gasteiger partial charge < -0.3 is 0 Å². The number of hydrogen-bond acceptors (Lipinski definition) is 3. The molecule has 0 aliphatic rings. The third-order valence-electron chi connectivity index (χ3n) is 1.44. The second-order valence-corrected chi connectivity index (χ2v) is 2.37. The zero-order chi connectivity index (χ0) is 9.84. The lowest BCUT2D eigenvalue weighted by atomic mass is 10.2. The van der Waals surface area contributed by atoms with Crippen LogP contribution in [0, 0.1) is 24.3 Å². The molecule has 66 valence electrons. The molecule has 4 nitrogen and oxygen atoms in total. The Labute approximate surface area is 74.0 Å². The molecule has 1 amide bonds. The van der Waals surface area contributed by atoms with Crippen molar-refractivity contribution in [1.82, 2.24) is 10.3 Å². The number of nitrogens with one attached hydrogen (secondary N) is 1. The summed E-state index contributed by atoms with van der Waals surface area (Å²) < 4.78 is 12.8. The topological polar surface area (TPSA) is 65.8 Å². The largest absolute Gasteiger partial charge is 0.282 e. The van der Waals surface area contributed by atoms with E-state index in [0.717, 1.165) is 0 Å². The van der Waals surface area contributed by atoms with Crippen molar-refractivity contribution in [3.8, 4) is 6.19 Å². The van der Waals surface area contributed by atoms with Crippen molar-refractivity contribution in [2.24, 2.45) is 0 Å². The lowest BCUT2D eigenvalue weighted by Crippen LogP contribution is -2.19. The Kier molecular flexibility index (Phi) is 2.55. The smallest absolute Gasteiger partial charge is 0.266 e. The third-order valence-corrected chi connectivity index (χ3v) is 1.44. The molecular formula is C8H6FN3O. The van der Waals surface area contributed by atoms with Crippen LogP contribution < -0.4 is 5.32 Å². The van der Waals surface area contributed by atoms with E-state index in [-0.39, 0.29) is 5.69 Å². The molecule has 0 atom stereocenters. The SMILES string of the molecule is Cc1ccc(C(=O)NC#N)nc1F. The first-order valence-corrected chi connectivity index (χ1v) is 3.47. The van der Waals surface area contributed by atoms with Crippen LogP contribution in [0.25, 0.3) is 0 Å². The second-order valence-electron chi connectivity index (χ2n) is 2.37. The van der Waals surface area contributed by atoms with Crippen molar-refractivity contribution < 1.29 is 9.18 Å². The highest BCUT2D eigenvalue weighted by Gasteiger charge is 2.08. The van der Waals surface area contributed by atoms with Gasteiger partial charge in [0.25, 0.3) is 5.91 Å². The molecule has 1 aromatic rings. The molecule has 0 radical (unpaired) electrons. The molecular weight excluding hydrogens is 173 g/mol. The van der Waals surface area contributed by atoms with Crippen LogP contribution in [-0.2, 0) is 0 Å². The Morgan fingerprint density at radius 1 is 1.69 bits per heavy atom. The van der Waals surface area contributed by atoms with E-state index >= 15 is 0 Å². The van der Waals surface area contributed by atoms with Crippen LogP contribution >= 0.6 is 0 Å². The van der Waals surface area contributed by atoms with Crippen molar-refractivity contribution in [2.45, 2.75) is 6.92 Å². The Morgan fingerprint density at radius 2 is 2.38 bits per heavy atom. The van der Waals surface area contributed by atoms with Crippen molar-refractivity contribution in [2.75, 3.05) is 0 Å². The number of aryl methyl sites for hydroxylation is 1. The van der Waals surface area contributed by atoms with Gasteiger partial charge in [-0.15, -0.1) is 0 Å². The average molecular weight is 179 g/mol. The van der Waals surface area contributed by atoms with E-state index in [0.29, 0.717) is 5.56 Å². The standard InChI is InChI=1S/C8H6FN3O/c1-5-2-3-6(12-7(5)9)8(13)11-4-10/h2-3H,1H3,(H,11,13). The molecule has 0 bridgehead atoms. The van der Waals surface area contributed by atoms with E-state index in [4.69, 9.17) is 5.26 Å². The maximum atomic E-state index is 12.8.